The van der Waals surface area contributed by atoms with Crippen LogP contribution in [-0.2, 0) is 14.8 Å². The molecular formula is C18H20F3N5O4S. The van der Waals surface area contributed by atoms with Gasteiger partial charge in [-0.15, -0.1) is 13.2 Å². The summed E-state index contributed by atoms with van der Waals surface area (Å²) < 4.78 is 67.1. The lowest BCUT2D eigenvalue weighted by Crippen LogP contribution is -2.49. The van der Waals surface area contributed by atoms with Crippen LogP contribution >= 0.6 is 0 Å². The van der Waals surface area contributed by atoms with Crippen LogP contribution in [0.25, 0.3) is 0 Å². The molecule has 1 N–H and O–H groups in total. The number of carbonyl (C=O) groups is 1. The zero-order valence-electron chi connectivity index (χ0n) is 16.2. The maximum Gasteiger partial charge on any atom is 0.573 e. The number of alkyl halides is 3. The monoisotopic (exact) mass is 459 g/mol. The number of nitrogens with zero attached hydrogens (tertiary/aromatic N) is 4. The highest BCUT2D eigenvalue weighted by molar-refractivity contribution is 7.89. The van der Waals surface area contributed by atoms with Gasteiger partial charge in [0.25, 0.3) is 0 Å². The molecule has 168 valence electrons. The van der Waals surface area contributed by atoms with Crippen LogP contribution in [0.15, 0.2) is 47.6 Å². The fourth-order valence-electron chi connectivity index (χ4n) is 2.96. The lowest BCUT2D eigenvalue weighted by Gasteiger charge is -2.34. The molecule has 1 aliphatic rings. The van der Waals surface area contributed by atoms with Crippen molar-refractivity contribution in [2.45, 2.75) is 17.7 Å². The summed E-state index contributed by atoms with van der Waals surface area (Å²) in [6.45, 7) is 1.92. The molecule has 0 radical (unpaired) electrons. The van der Waals surface area contributed by atoms with Gasteiger partial charge in [0.2, 0.25) is 21.9 Å². The van der Waals surface area contributed by atoms with Gasteiger partial charge in [0.1, 0.15) is 5.75 Å². The molecule has 13 heteroatoms. The molecule has 1 amide bonds. The number of nitrogens with one attached hydrogen (secondary N) is 1. The summed E-state index contributed by atoms with van der Waals surface area (Å²) in [5, 5.41) is 0. The number of rotatable bonds is 7. The number of ether oxygens (including phenoxy) is 1. The van der Waals surface area contributed by atoms with E-state index in [0.717, 1.165) is 24.3 Å². The van der Waals surface area contributed by atoms with Crippen LogP contribution in [0.5, 0.6) is 5.75 Å². The molecule has 1 saturated heterocycles. The van der Waals surface area contributed by atoms with Gasteiger partial charge in [-0.1, -0.05) is 0 Å². The normalized spacial score (nSPS) is 15.1. The highest BCUT2D eigenvalue weighted by atomic mass is 32.2. The van der Waals surface area contributed by atoms with Gasteiger partial charge in [-0.05, 0) is 30.3 Å². The molecule has 2 aromatic rings. The molecule has 1 aromatic carbocycles. The van der Waals surface area contributed by atoms with Gasteiger partial charge >= 0.3 is 6.36 Å². The largest absolute Gasteiger partial charge is 0.573 e. The summed E-state index contributed by atoms with van der Waals surface area (Å²) in [5.41, 5.74) is 0. The maximum atomic E-state index is 12.4. The van der Waals surface area contributed by atoms with Crippen molar-refractivity contribution in [1.82, 2.24) is 19.6 Å². The van der Waals surface area contributed by atoms with Gasteiger partial charge < -0.3 is 14.5 Å². The van der Waals surface area contributed by atoms with Crippen molar-refractivity contribution in [2.24, 2.45) is 0 Å². The Morgan fingerprint density at radius 1 is 1.06 bits per heavy atom. The lowest BCUT2D eigenvalue weighted by atomic mass is 10.3. The molecule has 0 spiro atoms. The van der Waals surface area contributed by atoms with Crippen molar-refractivity contribution in [2.75, 3.05) is 37.6 Å². The predicted octanol–water partition coefficient (Wildman–Crippen LogP) is 1.39. The van der Waals surface area contributed by atoms with Gasteiger partial charge in [-0.3, -0.25) is 4.79 Å². The Morgan fingerprint density at radius 2 is 1.68 bits per heavy atom. The fraction of sp³-hybridized carbons (Fsp3) is 0.389. The Morgan fingerprint density at radius 3 is 2.26 bits per heavy atom. The topological polar surface area (TPSA) is 105 Å². The van der Waals surface area contributed by atoms with Gasteiger partial charge in [0.15, 0.2) is 0 Å². The maximum absolute atomic E-state index is 12.4. The summed E-state index contributed by atoms with van der Waals surface area (Å²) in [6.07, 6.45) is -1.62. The third kappa shape index (κ3) is 6.52. The van der Waals surface area contributed by atoms with Crippen molar-refractivity contribution < 1.29 is 31.1 Å². The van der Waals surface area contributed by atoms with Crippen molar-refractivity contribution in [3.05, 3.63) is 42.7 Å². The number of carbonyl (C=O) groups excluding carboxylic acids is 1. The number of anilines is 1. The molecule has 0 bridgehead atoms. The van der Waals surface area contributed by atoms with Crippen LogP contribution in [-0.4, -0.2) is 68.3 Å². The van der Waals surface area contributed by atoms with E-state index in [1.165, 1.54) is 0 Å². The Labute approximate surface area is 176 Å². The highest BCUT2D eigenvalue weighted by Gasteiger charge is 2.31. The van der Waals surface area contributed by atoms with Gasteiger partial charge in [-0.25, -0.2) is 23.1 Å². The number of hydrogen-bond donors (Lipinski definition) is 1. The van der Waals surface area contributed by atoms with Gasteiger partial charge in [0.05, 0.1) is 4.90 Å². The fourth-order valence-corrected chi connectivity index (χ4v) is 4.00. The number of halogens is 3. The molecule has 1 aliphatic heterocycles. The number of benzene rings is 1. The molecule has 0 saturated carbocycles. The summed E-state index contributed by atoms with van der Waals surface area (Å²) in [7, 11) is -3.97. The van der Waals surface area contributed by atoms with E-state index >= 15 is 0 Å². The van der Waals surface area contributed by atoms with E-state index in [1.807, 2.05) is 4.90 Å². The molecular weight excluding hydrogens is 439 g/mol. The number of piperazine rings is 1. The molecule has 1 aromatic heterocycles. The van der Waals surface area contributed by atoms with Crippen LogP contribution in [0.4, 0.5) is 19.1 Å². The first-order chi connectivity index (χ1) is 14.6. The zero-order valence-corrected chi connectivity index (χ0v) is 17.1. The first kappa shape index (κ1) is 22.7. The van der Waals surface area contributed by atoms with Crippen molar-refractivity contribution in [3.63, 3.8) is 0 Å². The van der Waals surface area contributed by atoms with E-state index in [9.17, 15) is 26.4 Å². The smallest absolute Gasteiger partial charge is 0.406 e. The minimum Gasteiger partial charge on any atom is -0.406 e. The van der Waals surface area contributed by atoms with E-state index in [1.54, 1.807) is 23.4 Å². The van der Waals surface area contributed by atoms with E-state index in [4.69, 9.17) is 0 Å². The van der Waals surface area contributed by atoms with Crippen LogP contribution in [0.1, 0.15) is 6.42 Å². The zero-order chi connectivity index (χ0) is 22.5. The van der Waals surface area contributed by atoms with E-state index in [0.29, 0.717) is 32.1 Å². The first-order valence-electron chi connectivity index (χ1n) is 9.29. The quantitative estimate of drug-likeness (QED) is 0.667. The van der Waals surface area contributed by atoms with Crippen LogP contribution in [0, 0.1) is 0 Å². The van der Waals surface area contributed by atoms with Crippen LogP contribution in [0.3, 0.4) is 0 Å². The van der Waals surface area contributed by atoms with Gasteiger partial charge in [0, 0.05) is 51.5 Å². The molecule has 31 heavy (non-hydrogen) atoms. The second-order valence-electron chi connectivity index (χ2n) is 6.58. The second-order valence-corrected chi connectivity index (χ2v) is 8.35. The Kier molecular flexibility index (Phi) is 6.95. The van der Waals surface area contributed by atoms with Crippen molar-refractivity contribution in [3.8, 4) is 5.75 Å². The minimum absolute atomic E-state index is 0.0453. The molecule has 3 rings (SSSR count). The number of sulfonamides is 1. The van der Waals surface area contributed by atoms with E-state index in [2.05, 4.69) is 19.4 Å². The highest BCUT2D eigenvalue weighted by Crippen LogP contribution is 2.23. The first-order valence-corrected chi connectivity index (χ1v) is 10.8. The molecule has 1 fully saturated rings. The Bertz CT molecular complexity index is 980. The third-order valence-electron chi connectivity index (χ3n) is 4.47. The Balaban J connectivity index is 1.45. The molecule has 0 aliphatic carbocycles. The predicted molar refractivity (Wildman–Crippen MR) is 104 cm³/mol. The Hall–Kier alpha value is -2.93. The SMILES string of the molecule is O=C(CCNS(=O)(=O)c1ccc(OC(F)(F)F)cc1)N1CCN(c2ncccn2)CC1. The van der Waals surface area contributed by atoms with Crippen molar-refractivity contribution >= 4 is 21.9 Å². The average molecular weight is 459 g/mol. The number of aromatic nitrogens is 2. The van der Waals surface area contributed by atoms with Gasteiger partial charge in [-0.2, -0.15) is 0 Å². The van der Waals surface area contributed by atoms with Crippen LogP contribution in [0.2, 0.25) is 0 Å². The molecule has 9 nitrogen and oxygen atoms in total. The summed E-state index contributed by atoms with van der Waals surface area (Å²) in [6, 6.07) is 5.52. The molecule has 0 atom stereocenters. The second kappa shape index (κ2) is 9.47. The standard InChI is InChI=1S/C18H20F3N5O4S/c19-18(20,21)30-14-2-4-15(5-3-14)31(28,29)24-9-6-16(27)25-10-12-26(13-11-25)17-22-7-1-8-23-17/h1-5,7-8,24H,6,9-13H2. The molecule has 2 heterocycles. The van der Waals surface area contributed by atoms with E-state index < -0.39 is 22.1 Å². The summed E-state index contributed by atoms with van der Waals surface area (Å²) in [5.74, 6) is -0.138. The summed E-state index contributed by atoms with van der Waals surface area (Å²) in [4.78, 5) is 24.1. The van der Waals surface area contributed by atoms with Crippen LogP contribution < -0.4 is 14.4 Å². The molecule has 0 unspecified atom stereocenters. The number of hydrogen-bond acceptors (Lipinski definition) is 7. The third-order valence-corrected chi connectivity index (χ3v) is 5.94. The lowest BCUT2D eigenvalue weighted by molar-refractivity contribution is -0.274. The van der Waals surface area contributed by atoms with E-state index in [-0.39, 0.29) is 23.8 Å². The summed E-state index contributed by atoms with van der Waals surface area (Å²) >= 11 is 0. The number of amides is 1. The minimum atomic E-state index is -4.86. The average Bonchev–Trinajstić information content (AvgIpc) is 2.73. The van der Waals surface area contributed by atoms with Crippen molar-refractivity contribution in [1.29, 1.82) is 0 Å².